The molecule has 0 saturated carbocycles. The van der Waals surface area contributed by atoms with E-state index in [0.717, 1.165) is 48.6 Å². The fraction of sp³-hybridized carbons (Fsp3) is 0.600. The van der Waals surface area contributed by atoms with Crippen LogP contribution in [0.2, 0.25) is 0 Å². The van der Waals surface area contributed by atoms with Gasteiger partial charge in [-0.1, -0.05) is 38.9 Å². The first-order chi connectivity index (χ1) is 12.2. The fourth-order valence-electron chi connectivity index (χ4n) is 2.74. The molecule has 0 unspecified atom stereocenters. The molecule has 1 aliphatic rings. The van der Waals surface area contributed by atoms with Gasteiger partial charge in [0.15, 0.2) is 5.82 Å². The third kappa shape index (κ3) is 5.56. The maximum absolute atomic E-state index is 5.44. The molecule has 2 heterocycles. The van der Waals surface area contributed by atoms with Crippen LogP contribution in [-0.2, 0) is 0 Å². The van der Waals surface area contributed by atoms with Crippen molar-refractivity contribution in [3.63, 3.8) is 0 Å². The summed E-state index contributed by atoms with van der Waals surface area (Å²) in [5.41, 5.74) is 2.00. The molecule has 0 aliphatic carbocycles. The number of benzene rings is 1. The van der Waals surface area contributed by atoms with Gasteiger partial charge in [-0.15, -0.1) is 0 Å². The van der Waals surface area contributed by atoms with Crippen molar-refractivity contribution in [2.75, 3.05) is 27.2 Å². The minimum Gasteiger partial charge on any atom is -0.496 e. The van der Waals surface area contributed by atoms with E-state index in [-0.39, 0.29) is 0 Å². The van der Waals surface area contributed by atoms with Crippen LogP contribution in [-0.4, -0.2) is 42.3 Å². The summed E-state index contributed by atoms with van der Waals surface area (Å²) in [5.74, 6) is 2.65. The number of hydrogen-bond acceptors (Lipinski definition) is 5. The number of piperidine rings is 1. The zero-order valence-corrected chi connectivity index (χ0v) is 16.8. The van der Waals surface area contributed by atoms with E-state index in [0.29, 0.717) is 11.8 Å². The van der Waals surface area contributed by atoms with Gasteiger partial charge in [0.1, 0.15) is 5.75 Å². The number of rotatable bonds is 3. The summed E-state index contributed by atoms with van der Waals surface area (Å²) >= 11 is 0. The minimum absolute atomic E-state index is 0.408. The van der Waals surface area contributed by atoms with Crippen LogP contribution in [0.25, 0.3) is 11.5 Å². The van der Waals surface area contributed by atoms with Crippen LogP contribution < -0.4 is 4.74 Å². The summed E-state index contributed by atoms with van der Waals surface area (Å²) < 4.78 is 10.8. The molecular weight excluding hydrogens is 314 g/mol. The van der Waals surface area contributed by atoms with Gasteiger partial charge < -0.3 is 14.2 Å². The Morgan fingerprint density at radius 3 is 2.36 bits per heavy atom. The van der Waals surface area contributed by atoms with Gasteiger partial charge in [-0.3, -0.25) is 0 Å². The van der Waals surface area contributed by atoms with E-state index in [2.05, 4.69) is 22.1 Å². The lowest BCUT2D eigenvalue weighted by Crippen LogP contribution is -2.29. The molecule has 0 bridgehead atoms. The van der Waals surface area contributed by atoms with E-state index >= 15 is 0 Å². The van der Waals surface area contributed by atoms with E-state index in [9.17, 15) is 0 Å². The lowest BCUT2D eigenvalue weighted by molar-refractivity contribution is 0.248. The third-order valence-electron chi connectivity index (χ3n) is 4.18. The molecule has 5 heteroatoms. The molecule has 1 saturated heterocycles. The molecule has 5 nitrogen and oxygen atoms in total. The molecule has 1 aromatic heterocycles. The smallest absolute Gasteiger partial charge is 0.258 e. The monoisotopic (exact) mass is 347 g/mol. The average Bonchev–Trinajstić information content (AvgIpc) is 3.16. The highest BCUT2D eigenvalue weighted by Gasteiger charge is 2.23. The van der Waals surface area contributed by atoms with Gasteiger partial charge in [0.2, 0.25) is 0 Å². The van der Waals surface area contributed by atoms with Crippen LogP contribution in [0.4, 0.5) is 0 Å². The van der Waals surface area contributed by atoms with Crippen molar-refractivity contribution in [1.29, 1.82) is 0 Å². The number of ether oxygens (including phenoxy) is 1. The van der Waals surface area contributed by atoms with E-state index in [1.807, 2.05) is 52.8 Å². The summed E-state index contributed by atoms with van der Waals surface area (Å²) in [6.45, 7) is 12.2. The summed E-state index contributed by atoms with van der Waals surface area (Å²) in [6.07, 6.45) is 2.18. The van der Waals surface area contributed by atoms with E-state index in [4.69, 9.17) is 9.26 Å². The molecule has 3 rings (SSSR count). The Morgan fingerprint density at radius 1 is 1.12 bits per heavy atom. The SMILES string of the molecule is CC.CC.COc1cc(-c2nc(C3CCN(C)CC3)no2)ccc1C. The van der Waals surface area contributed by atoms with Gasteiger partial charge in [-0.2, -0.15) is 4.98 Å². The molecule has 0 radical (unpaired) electrons. The predicted molar refractivity (Wildman–Crippen MR) is 103 cm³/mol. The minimum atomic E-state index is 0.408. The average molecular weight is 348 g/mol. The van der Waals surface area contributed by atoms with Crippen LogP contribution >= 0.6 is 0 Å². The Morgan fingerprint density at radius 2 is 1.76 bits per heavy atom. The van der Waals surface area contributed by atoms with Crippen LogP contribution in [0, 0.1) is 6.92 Å². The Bertz CT molecular complexity index is 617. The van der Waals surface area contributed by atoms with Crippen molar-refractivity contribution in [2.45, 2.75) is 53.4 Å². The van der Waals surface area contributed by atoms with Crippen LogP contribution in [0.1, 0.15) is 57.8 Å². The van der Waals surface area contributed by atoms with Crippen LogP contribution in [0.15, 0.2) is 22.7 Å². The molecule has 1 fully saturated rings. The molecule has 0 N–H and O–H groups in total. The second-order valence-electron chi connectivity index (χ2n) is 5.72. The number of methoxy groups -OCH3 is 1. The number of hydrogen-bond donors (Lipinski definition) is 0. The molecule has 1 aromatic carbocycles. The molecule has 1 aliphatic heterocycles. The number of aryl methyl sites for hydroxylation is 1. The van der Waals surface area contributed by atoms with Crippen molar-refractivity contribution < 1.29 is 9.26 Å². The quantitative estimate of drug-likeness (QED) is 0.789. The number of nitrogens with zero attached hydrogens (tertiary/aromatic N) is 3. The molecule has 0 spiro atoms. The topological polar surface area (TPSA) is 51.4 Å². The standard InChI is InChI=1S/C16H21N3O2.2C2H6/c1-11-4-5-13(10-14(11)20-3)16-17-15(18-21-16)12-6-8-19(2)9-7-12;2*1-2/h4-5,10,12H,6-9H2,1-3H3;2*1-2H3. The second-order valence-corrected chi connectivity index (χ2v) is 5.72. The zero-order valence-electron chi connectivity index (χ0n) is 16.8. The molecular formula is C20H33N3O2. The highest BCUT2D eigenvalue weighted by molar-refractivity contribution is 5.57. The van der Waals surface area contributed by atoms with E-state index in [1.54, 1.807) is 7.11 Å². The number of likely N-dealkylation sites (tertiary alicyclic amines) is 1. The van der Waals surface area contributed by atoms with Gasteiger partial charge in [-0.25, -0.2) is 0 Å². The largest absolute Gasteiger partial charge is 0.496 e. The Hall–Kier alpha value is -1.88. The van der Waals surface area contributed by atoms with Crippen molar-refractivity contribution in [3.8, 4) is 17.2 Å². The maximum atomic E-state index is 5.44. The molecule has 2 aromatic rings. The first kappa shape index (κ1) is 21.2. The summed E-state index contributed by atoms with van der Waals surface area (Å²) in [6, 6.07) is 5.94. The molecule has 25 heavy (non-hydrogen) atoms. The first-order valence-electron chi connectivity index (χ1n) is 9.34. The Kier molecular flexibility index (Phi) is 9.21. The van der Waals surface area contributed by atoms with Crippen LogP contribution in [0.3, 0.4) is 0 Å². The molecule has 140 valence electrons. The maximum Gasteiger partial charge on any atom is 0.258 e. The van der Waals surface area contributed by atoms with Crippen molar-refractivity contribution in [2.24, 2.45) is 0 Å². The van der Waals surface area contributed by atoms with E-state index in [1.165, 1.54) is 0 Å². The highest BCUT2D eigenvalue weighted by Crippen LogP contribution is 2.29. The van der Waals surface area contributed by atoms with Crippen molar-refractivity contribution in [1.82, 2.24) is 15.0 Å². The highest BCUT2D eigenvalue weighted by atomic mass is 16.5. The number of aromatic nitrogens is 2. The lowest BCUT2D eigenvalue weighted by atomic mass is 9.96. The van der Waals surface area contributed by atoms with Crippen molar-refractivity contribution in [3.05, 3.63) is 29.6 Å². The second kappa shape index (κ2) is 10.9. The van der Waals surface area contributed by atoms with Gasteiger partial charge >= 0.3 is 0 Å². The fourth-order valence-corrected chi connectivity index (χ4v) is 2.74. The summed E-state index contributed by atoms with van der Waals surface area (Å²) in [5, 5.41) is 4.17. The Labute approximate surface area is 152 Å². The summed E-state index contributed by atoms with van der Waals surface area (Å²) in [7, 11) is 3.82. The Balaban J connectivity index is 0.000000730. The van der Waals surface area contributed by atoms with Gasteiger partial charge in [0, 0.05) is 11.5 Å². The summed E-state index contributed by atoms with van der Waals surface area (Å²) in [4.78, 5) is 6.92. The van der Waals surface area contributed by atoms with Gasteiger partial charge in [0.05, 0.1) is 7.11 Å². The zero-order chi connectivity index (χ0) is 18.8. The third-order valence-corrected chi connectivity index (χ3v) is 4.18. The van der Waals surface area contributed by atoms with Crippen LogP contribution in [0.5, 0.6) is 5.75 Å². The van der Waals surface area contributed by atoms with Crippen molar-refractivity contribution >= 4 is 0 Å². The predicted octanol–water partition coefficient (Wildman–Crippen LogP) is 4.92. The molecule has 0 amide bonds. The van der Waals surface area contributed by atoms with Gasteiger partial charge in [0.25, 0.3) is 5.89 Å². The first-order valence-corrected chi connectivity index (χ1v) is 9.34. The van der Waals surface area contributed by atoms with Gasteiger partial charge in [-0.05, 0) is 57.6 Å². The normalized spacial score (nSPS) is 14.8. The van der Waals surface area contributed by atoms with E-state index < -0.39 is 0 Å². The lowest BCUT2D eigenvalue weighted by Gasteiger charge is -2.26. The molecule has 0 atom stereocenters.